The summed E-state index contributed by atoms with van der Waals surface area (Å²) in [5.41, 5.74) is 8.37. The summed E-state index contributed by atoms with van der Waals surface area (Å²) in [7, 11) is 0. The zero-order valence-electron chi connectivity index (χ0n) is 15.0. The quantitative estimate of drug-likeness (QED) is 0.481. The number of amides is 1. The fourth-order valence-electron chi connectivity index (χ4n) is 2.56. The van der Waals surface area contributed by atoms with E-state index in [1.165, 1.54) is 23.1 Å². The SMILES string of the molecule is [Ac].[NH-]C[C@H]1CN(c2ccc(OCC(O)CNc3cccnc3)c(F)c2)C(=O)O1. The number of benzene rings is 1. The van der Waals surface area contributed by atoms with Gasteiger partial charge in [0.05, 0.1) is 17.9 Å². The number of halogens is 1. The molecule has 0 bridgehead atoms. The van der Waals surface area contributed by atoms with Crippen LogP contribution < -0.4 is 15.0 Å². The summed E-state index contributed by atoms with van der Waals surface area (Å²) in [6.07, 6.45) is 1.30. The van der Waals surface area contributed by atoms with E-state index in [0.717, 1.165) is 5.69 Å². The third-order valence-electron chi connectivity index (χ3n) is 3.96. The molecular weight excluding hydrogens is 582 g/mol. The largest absolute Gasteiger partial charge is 0.674 e. The van der Waals surface area contributed by atoms with E-state index < -0.39 is 24.1 Å². The Balaban J connectivity index is 0.00000280. The molecule has 147 valence electrons. The molecule has 8 nitrogen and oxygen atoms in total. The number of nitrogens with one attached hydrogen (secondary N) is 2. The van der Waals surface area contributed by atoms with Crippen LogP contribution in [0.3, 0.4) is 0 Å². The van der Waals surface area contributed by atoms with Gasteiger partial charge >= 0.3 is 6.09 Å². The topological polar surface area (TPSA) is 108 Å². The van der Waals surface area contributed by atoms with E-state index in [0.29, 0.717) is 5.69 Å². The predicted octanol–water partition coefficient (Wildman–Crippen LogP) is 2.45. The Hall–Kier alpha value is -1.47. The Labute approximate surface area is 197 Å². The van der Waals surface area contributed by atoms with Crippen molar-refractivity contribution in [2.24, 2.45) is 0 Å². The Morgan fingerprint density at radius 2 is 2.29 bits per heavy atom. The fourth-order valence-corrected chi connectivity index (χ4v) is 2.56. The zero-order chi connectivity index (χ0) is 19.2. The summed E-state index contributed by atoms with van der Waals surface area (Å²) >= 11 is 0. The van der Waals surface area contributed by atoms with Gasteiger partial charge in [0, 0.05) is 69.1 Å². The third kappa shape index (κ3) is 6.01. The Morgan fingerprint density at radius 3 is 2.93 bits per heavy atom. The van der Waals surface area contributed by atoms with E-state index in [1.54, 1.807) is 18.5 Å². The molecule has 10 heteroatoms. The van der Waals surface area contributed by atoms with Crippen molar-refractivity contribution in [3.63, 3.8) is 0 Å². The maximum atomic E-state index is 14.3. The molecule has 2 aromatic rings. The Kier molecular flexibility index (Phi) is 8.89. The molecule has 1 aromatic carbocycles. The number of hydrogen-bond donors (Lipinski definition) is 2. The van der Waals surface area contributed by atoms with Crippen LogP contribution in [0.2, 0.25) is 0 Å². The smallest absolute Gasteiger partial charge is 0.414 e. The first-order valence-electron chi connectivity index (χ1n) is 8.44. The van der Waals surface area contributed by atoms with Crippen molar-refractivity contribution in [2.45, 2.75) is 12.2 Å². The predicted molar refractivity (Wildman–Crippen MR) is 97.4 cm³/mol. The number of aromatic nitrogens is 1. The van der Waals surface area contributed by atoms with E-state index in [9.17, 15) is 14.3 Å². The van der Waals surface area contributed by atoms with Crippen LogP contribution in [-0.2, 0) is 4.74 Å². The summed E-state index contributed by atoms with van der Waals surface area (Å²) in [6, 6.07) is 7.68. The van der Waals surface area contributed by atoms with Crippen molar-refractivity contribution in [1.82, 2.24) is 4.98 Å². The van der Waals surface area contributed by atoms with E-state index >= 15 is 0 Å². The van der Waals surface area contributed by atoms with Crippen molar-refractivity contribution in [1.29, 1.82) is 0 Å². The third-order valence-corrected chi connectivity index (χ3v) is 3.96. The van der Waals surface area contributed by atoms with Gasteiger partial charge in [0.15, 0.2) is 11.6 Å². The van der Waals surface area contributed by atoms with Crippen LogP contribution in [0.5, 0.6) is 5.75 Å². The second kappa shape index (κ2) is 10.9. The van der Waals surface area contributed by atoms with Crippen LogP contribution in [0.4, 0.5) is 20.6 Å². The maximum Gasteiger partial charge on any atom is 0.414 e. The number of carbonyl (C=O) groups is 1. The fraction of sp³-hybridized carbons (Fsp3) is 0.333. The molecule has 3 rings (SSSR count). The summed E-state index contributed by atoms with van der Waals surface area (Å²) in [5, 5.41) is 13.0. The van der Waals surface area contributed by atoms with E-state index in [4.69, 9.17) is 15.2 Å². The molecule has 2 atom stereocenters. The van der Waals surface area contributed by atoms with Gasteiger partial charge in [-0.15, -0.1) is 6.54 Å². The van der Waals surface area contributed by atoms with Crippen molar-refractivity contribution in [2.75, 3.05) is 36.5 Å². The number of anilines is 2. The zero-order valence-corrected chi connectivity index (χ0v) is 19.8. The van der Waals surface area contributed by atoms with E-state index in [1.807, 2.05) is 6.07 Å². The summed E-state index contributed by atoms with van der Waals surface area (Å²) in [4.78, 5) is 17.0. The molecule has 0 spiro atoms. The Morgan fingerprint density at radius 1 is 1.46 bits per heavy atom. The molecule has 28 heavy (non-hydrogen) atoms. The first-order valence-corrected chi connectivity index (χ1v) is 8.44. The van der Waals surface area contributed by atoms with E-state index in [-0.39, 0.29) is 76.1 Å². The summed E-state index contributed by atoms with van der Waals surface area (Å²) < 4.78 is 24.6. The van der Waals surface area contributed by atoms with Gasteiger partial charge in [-0.05, 0) is 24.3 Å². The van der Waals surface area contributed by atoms with Crippen LogP contribution in [0.25, 0.3) is 5.73 Å². The molecule has 0 aliphatic carbocycles. The monoisotopic (exact) mass is 602 g/mol. The van der Waals surface area contributed by atoms with Crippen LogP contribution in [0, 0.1) is 49.9 Å². The molecule has 0 saturated carbocycles. The first kappa shape index (κ1) is 22.8. The molecule has 1 radical (unpaired) electrons. The molecule has 1 aliphatic rings. The number of pyridine rings is 1. The van der Waals surface area contributed by atoms with Gasteiger partial charge in [0.25, 0.3) is 0 Å². The molecule has 1 unspecified atom stereocenters. The number of ether oxygens (including phenoxy) is 2. The number of hydrogen-bond acceptors (Lipinski definition) is 6. The minimum atomic E-state index is -0.851. The van der Waals surface area contributed by atoms with Gasteiger partial charge in [0.2, 0.25) is 0 Å². The van der Waals surface area contributed by atoms with Crippen molar-refractivity contribution in [3.05, 3.63) is 54.3 Å². The normalized spacial score (nSPS) is 16.9. The van der Waals surface area contributed by atoms with Gasteiger partial charge in [-0.2, -0.15) is 0 Å². The van der Waals surface area contributed by atoms with Crippen LogP contribution in [0.15, 0.2) is 42.7 Å². The number of carbonyl (C=O) groups excluding carboxylic acids is 1. The molecule has 1 aliphatic heterocycles. The number of aliphatic hydroxyl groups is 1. The van der Waals surface area contributed by atoms with Crippen molar-refractivity contribution in [3.8, 4) is 5.75 Å². The molecule has 2 heterocycles. The van der Waals surface area contributed by atoms with Gasteiger partial charge in [0.1, 0.15) is 18.8 Å². The van der Waals surface area contributed by atoms with E-state index in [2.05, 4.69) is 10.3 Å². The Bertz CT molecular complexity index is 783. The molecular formula is C18H20AcFN4O4-. The minimum Gasteiger partial charge on any atom is -0.674 e. The summed E-state index contributed by atoms with van der Waals surface area (Å²) in [6.45, 7) is 0.285. The van der Waals surface area contributed by atoms with Crippen molar-refractivity contribution < 1.29 is 67.8 Å². The van der Waals surface area contributed by atoms with Gasteiger partial charge < -0.3 is 25.6 Å². The number of rotatable bonds is 8. The van der Waals surface area contributed by atoms with Gasteiger partial charge in [-0.1, -0.05) is 0 Å². The molecule has 3 N–H and O–H groups in total. The number of cyclic esters (lactones) is 1. The maximum absolute atomic E-state index is 14.3. The molecule has 1 fully saturated rings. The number of aliphatic hydroxyl groups excluding tert-OH is 1. The number of nitrogens with zero attached hydrogens (tertiary/aromatic N) is 2. The van der Waals surface area contributed by atoms with Gasteiger partial charge in [-0.25, -0.2) is 9.18 Å². The second-order valence-corrected chi connectivity index (χ2v) is 6.02. The van der Waals surface area contributed by atoms with Gasteiger partial charge in [-0.3, -0.25) is 9.88 Å². The van der Waals surface area contributed by atoms with Crippen LogP contribution in [-0.4, -0.2) is 54.6 Å². The standard InChI is InChI=1S/C18H20FN4O4.Ac/c19-16-6-13(23-10-15(7-20)27-18(23)25)3-4-17(16)26-11-14(24)9-22-12-2-1-5-21-8-12;/h1-6,8,14-15,20,22,24H,7,9-11H2;/q-1;/t14?,15-;/m0./s1. The minimum absolute atomic E-state index is 0. The molecule has 1 amide bonds. The summed E-state index contributed by atoms with van der Waals surface area (Å²) in [5.74, 6) is -0.675. The average molecular weight is 602 g/mol. The average Bonchev–Trinajstić information content (AvgIpc) is 3.07. The molecule has 1 aromatic heterocycles. The van der Waals surface area contributed by atoms with Crippen LogP contribution >= 0.6 is 0 Å². The first-order chi connectivity index (χ1) is 13.1. The van der Waals surface area contributed by atoms with Crippen molar-refractivity contribution >= 4 is 17.5 Å². The molecule has 1 saturated heterocycles. The second-order valence-electron chi connectivity index (χ2n) is 6.02. The van der Waals surface area contributed by atoms with Crippen LogP contribution in [0.1, 0.15) is 0 Å².